The topological polar surface area (TPSA) is 37.4 Å². The number of halogens is 6. The molecule has 112 valence electrons. The lowest BCUT2D eigenvalue weighted by Crippen LogP contribution is -2.41. The third kappa shape index (κ3) is 3.04. The van der Waals surface area contributed by atoms with E-state index in [4.69, 9.17) is 11.6 Å². The van der Waals surface area contributed by atoms with Crippen LogP contribution in [0.25, 0.3) is 0 Å². The Morgan fingerprint density at radius 1 is 1.00 bits per heavy atom. The molecule has 0 fully saturated rings. The molecule has 0 spiro atoms. The van der Waals surface area contributed by atoms with E-state index < -0.39 is 33.3 Å². The van der Waals surface area contributed by atoms with Crippen LogP contribution in [0.3, 0.4) is 0 Å². The van der Waals surface area contributed by atoms with Crippen molar-refractivity contribution in [1.82, 2.24) is 4.90 Å². The molecule has 1 aliphatic heterocycles. The van der Waals surface area contributed by atoms with Gasteiger partial charge in [-0.25, -0.2) is 0 Å². The Hall–Kier alpha value is -1.35. The van der Waals surface area contributed by atoms with Gasteiger partial charge in [-0.2, -0.15) is 0 Å². The molecule has 2 amide bonds. The number of hydrogen-bond acceptors (Lipinski definition) is 2. The number of alkyl halides is 1. The van der Waals surface area contributed by atoms with Crippen LogP contribution >= 0.6 is 21.8 Å². The van der Waals surface area contributed by atoms with Crippen LogP contribution in [0.15, 0.2) is 24.3 Å². The molecule has 1 aromatic rings. The summed E-state index contributed by atoms with van der Waals surface area (Å²) in [7, 11) is -9.83. The molecule has 0 saturated heterocycles. The van der Waals surface area contributed by atoms with Gasteiger partial charge in [0.2, 0.25) is 0 Å². The fourth-order valence-electron chi connectivity index (χ4n) is 1.80. The maximum Gasteiger partial charge on any atom is 0.288 e. The highest BCUT2D eigenvalue weighted by atomic mass is 35.5. The summed E-state index contributed by atoms with van der Waals surface area (Å²) in [6.45, 7) is 0. The number of imide groups is 1. The maximum atomic E-state index is 12.4. The normalized spacial score (nSPS) is 20.4. The molecular weight excluding hydrogens is 329 g/mol. The Balaban J connectivity index is 2.34. The predicted molar refractivity (Wildman–Crippen MR) is 64.6 cm³/mol. The van der Waals surface area contributed by atoms with E-state index in [1.54, 1.807) is 0 Å². The quantitative estimate of drug-likeness (QED) is 0.360. The molecule has 0 aliphatic carbocycles. The number of amides is 2. The van der Waals surface area contributed by atoms with Crippen molar-refractivity contribution in [2.75, 3.05) is 5.75 Å². The smallest absolute Gasteiger partial charge is 0.269 e. The fraction of sp³-hybridized carbons (Fsp3) is 0.200. The molecule has 0 radical (unpaired) electrons. The highest BCUT2D eigenvalue weighted by Gasteiger charge is 2.65. The standard InChI is InChI=1S/C10H7ClF5NO2S/c11-8(5-20(12,13,14,15)16)17-9(18)6-3-1-2-4-7(6)10(17)19/h1-4,8H,5H2. The third-order valence-electron chi connectivity index (χ3n) is 2.56. The second-order valence-corrected chi connectivity index (χ2v) is 7.35. The van der Waals surface area contributed by atoms with Crippen LogP contribution in [0, 0.1) is 0 Å². The Bertz CT molecular complexity index is 582. The van der Waals surface area contributed by atoms with E-state index in [2.05, 4.69) is 0 Å². The highest BCUT2D eigenvalue weighted by molar-refractivity contribution is 8.45. The average molecular weight is 336 g/mol. The molecule has 0 saturated carbocycles. The number of hydrogen-bond donors (Lipinski definition) is 0. The number of fused-ring (bicyclic) bond motifs is 1. The van der Waals surface area contributed by atoms with Crippen molar-refractivity contribution in [2.45, 2.75) is 5.50 Å². The summed E-state index contributed by atoms with van der Waals surface area (Å²) in [5.74, 6) is -4.95. The average Bonchev–Trinajstić information content (AvgIpc) is 2.48. The number of nitrogens with zero attached hydrogens (tertiary/aromatic N) is 1. The Morgan fingerprint density at radius 2 is 1.40 bits per heavy atom. The number of rotatable bonds is 3. The van der Waals surface area contributed by atoms with Gasteiger partial charge in [-0.3, -0.25) is 14.5 Å². The van der Waals surface area contributed by atoms with E-state index in [0.717, 1.165) is 0 Å². The lowest BCUT2D eigenvalue weighted by Gasteiger charge is -2.42. The van der Waals surface area contributed by atoms with Crippen LogP contribution < -0.4 is 0 Å². The van der Waals surface area contributed by atoms with Crippen molar-refractivity contribution in [3.8, 4) is 0 Å². The molecule has 1 unspecified atom stereocenters. The van der Waals surface area contributed by atoms with E-state index in [0.29, 0.717) is 0 Å². The lowest BCUT2D eigenvalue weighted by atomic mass is 10.1. The molecule has 1 aliphatic rings. The van der Waals surface area contributed by atoms with Crippen molar-refractivity contribution in [3.63, 3.8) is 0 Å². The molecule has 0 bridgehead atoms. The van der Waals surface area contributed by atoms with E-state index in [-0.39, 0.29) is 16.0 Å². The molecule has 20 heavy (non-hydrogen) atoms. The zero-order valence-electron chi connectivity index (χ0n) is 9.53. The van der Waals surface area contributed by atoms with Gasteiger partial charge in [0.05, 0.1) is 11.1 Å². The number of benzene rings is 1. The largest absolute Gasteiger partial charge is 0.288 e. The van der Waals surface area contributed by atoms with E-state index in [9.17, 15) is 29.0 Å². The summed E-state index contributed by atoms with van der Waals surface area (Å²) in [5, 5.41) is 0. The van der Waals surface area contributed by atoms with Crippen LogP contribution in [0.1, 0.15) is 20.7 Å². The molecule has 2 rings (SSSR count). The van der Waals surface area contributed by atoms with E-state index in [1.165, 1.54) is 24.3 Å². The van der Waals surface area contributed by atoms with Crippen molar-refractivity contribution < 1.29 is 29.0 Å². The van der Waals surface area contributed by atoms with Gasteiger partial charge in [-0.05, 0) is 12.1 Å². The molecule has 1 aromatic carbocycles. The SMILES string of the molecule is O=C1c2ccccc2C(=O)N1C(Cl)CS(F)(F)(F)(F)F. The summed E-state index contributed by atoms with van der Waals surface area (Å²) in [5.41, 5.74) is -2.81. The predicted octanol–water partition coefficient (Wildman–Crippen LogP) is 4.15. The second-order valence-electron chi connectivity index (χ2n) is 4.26. The minimum Gasteiger partial charge on any atom is -0.269 e. The highest BCUT2D eigenvalue weighted by Crippen LogP contribution is 2.98. The first-order valence-electron chi connectivity index (χ1n) is 5.13. The zero-order chi connectivity index (χ0) is 15.4. The van der Waals surface area contributed by atoms with Gasteiger partial charge in [0.1, 0.15) is 11.3 Å². The van der Waals surface area contributed by atoms with Crippen molar-refractivity contribution in [1.29, 1.82) is 0 Å². The van der Waals surface area contributed by atoms with Gasteiger partial charge in [0, 0.05) is 0 Å². The number of carbonyl (C=O) groups excluding carboxylic acids is 2. The molecular formula is C10H7ClF5NO2S. The van der Waals surface area contributed by atoms with Gasteiger partial charge in [0.25, 0.3) is 22.0 Å². The van der Waals surface area contributed by atoms with Crippen LogP contribution in [0.5, 0.6) is 0 Å². The Kier molecular flexibility index (Phi) is 2.74. The summed E-state index contributed by atoms with van der Waals surface area (Å²) in [6, 6.07) is 5.19. The van der Waals surface area contributed by atoms with E-state index >= 15 is 0 Å². The molecule has 10 heteroatoms. The summed E-state index contributed by atoms with van der Waals surface area (Å²) < 4.78 is 61.8. The summed E-state index contributed by atoms with van der Waals surface area (Å²) in [6.07, 6.45) is 0. The van der Waals surface area contributed by atoms with Crippen LogP contribution in [0.4, 0.5) is 19.4 Å². The number of carbonyl (C=O) groups is 2. The molecule has 3 nitrogen and oxygen atoms in total. The van der Waals surface area contributed by atoms with Crippen LogP contribution in [-0.2, 0) is 0 Å². The summed E-state index contributed by atoms with van der Waals surface area (Å²) >= 11 is 5.24. The monoisotopic (exact) mass is 335 g/mol. The minimum absolute atomic E-state index is 0.00409. The van der Waals surface area contributed by atoms with Crippen molar-refractivity contribution >= 4 is 33.6 Å². The third-order valence-corrected chi connectivity index (χ3v) is 4.04. The van der Waals surface area contributed by atoms with Gasteiger partial charge >= 0.3 is 0 Å². The first-order valence-corrected chi connectivity index (χ1v) is 7.68. The van der Waals surface area contributed by atoms with Gasteiger partial charge in [-0.15, -0.1) is 0 Å². The van der Waals surface area contributed by atoms with E-state index in [1.807, 2.05) is 0 Å². The van der Waals surface area contributed by atoms with Gasteiger partial charge in [0.15, 0.2) is 0 Å². The molecule has 0 aromatic heterocycles. The Labute approximate surface area is 115 Å². The first kappa shape index (κ1) is 15.0. The van der Waals surface area contributed by atoms with Crippen molar-refractivity contribution in [3.05, 3.63) is 35.4 Å². The Morgan fingerprint density at radius 3 is 1.75 bits per heavy atom. The molecule has 1 atom stereocenters. The maximum absolute atomic E-state index is 12.4. The fourth-order valence-corrected chi connectivity index (χ4v) is 3.36. The molecule has 1 heterocycles. The molecule has 0 N–H and O–H groups in total. The minimum atomic E-state index is -9.83. The van der Waals surface area contributed by atoms with Gasteiger partial charge < -0.3 is 0 Å². The zero-order valence-corrected chi connectivity index (χ0v) is 11.1. The first-order chi connectivity index (χ1) is 8.79. The van der Waals surface area contributed by atoms with Crippen LogP contribution in [0.2, 0.25) is 0 Å². The van der Waals surface area contributed by atoms with Crippen molar-refractivity contribution in [2.24, 2.45) is 0 Å². The van der Waals surface area contributed by atoms with Crippen LogP contribution in [-0.4, -0.2) is 28.0 Å². The second kappa shape index (κ2) is 3.64. The lowest BCUT2D eigenvalue weighted by molar-refractivity contribution is 0.0641. The van der Waals surface area contributed by atoms with Gasteiger partial charge in [-0.1, -0.05) is 43.2 Å². The summed E-state index contributed by atoms with van der Waals surface area (Å²) in [4.78, 5) is 23.5.